The Morgan fingerprint density at radius 3 is 2.59 bits per heavy atom. The summed E-state index contributed by atoms with van der Waals surface area (Å²) in [6.07, 6.45) is 13.7. The number of ketones is 1. The number of carbonyl (C=O) groups excluding carboxylic acids is 1. The van der Waals surface area contributed by atoms with Gasteiger partial charge in [0, 0.05) is 12.3 Å². The topological polar surface area (TPSA) is 37.3 Å². The van der Waals surface area contributed by atoms with E-state index in [0.29, 0.717) is 28.4 Å². The molecular formula is C27H44O2. The van der Waals surface area contributed by atoms with Crippen LogP contribution >= 0.6 is 0 Å². The summed E-state index contributed by atoms with van der Waals surface area (Å²) in [4.78, 5) is 13.0. The summed E-state index contributed by atoms with van der Waals surface area (Å²) in [5.41, 5.74) is 2.23. The van der Waals surface area contributed by atoms with Crippen LogP contribution in [0.3, 0.4) is 0 Å². The molecule has 0 saturated heterocycles. The number of allylic oxidation sites excluding steroid dienone is 1. The zero-order valence-electron chi connectivity index (χ0n) is 19.5. The van der Waals surface area contributed by atoms with Crippen molar-refractivity contribution in [3.63, 3.8) is 0 Å². The highest BCUT2D eigenvalue weighted by atomic mass is 16.3. The Morgan fingerprint density at radius 1 is 1.10 bits per heavy atom. The molecule has 0 radical (unpaired) electrons. The highest BCUT2D eigenvalue weighted by molar-refractivity contribution is 5.81. The number of hydrogen-bond acceptors (Lipinski definition) is 2. The van der Waals surface area contributed by atoms with Crippen molar-refractivity contribution in [1.29, 1.82) is 0 Å². The second-order valence-corrected chi connectivity index (χ2v) is 12.1. The smallest absolute Gasteiger partial charge is 0.136 e. The van der Waals surface area contributed by atoms with Crippen LogP contribution in [0.15, 0.2) is 11.6 Å². The monoisotopic (exact) mass is 400 g/mol. The van der Waals surface area contributed by atoms with Gasteiger partial charge in [0.15, 0.2) is 0 Å². The minimum absolute atomic E-state index is 0.117. The number of rotatable bonds is 5. The maximum atomic E-state index is 13.0. The molecule has 3 saturated carbocycles. The fourth-order valence-electron chi connectivity index (χ4n) is 8.39. The minimum atomic E-state index is -0.117. The van der Waals surface area contributed by atoms with Gasteiger partial charge in [-0.25, -0.2) is 0 Å². The fraction of sp³-hybridized carbons (Fsp3) is 0.889. The Bertz CT molecular complexity index is 663. The van der Waals surface area contributed by atoms with Gasteiger partial charge in [-0.2, -0.15) is 0 Å². The molecule has 0 aromatic rings. The van der Waals surface area contributed by atoms with Crippen molar-refractivity contribution in [1.82, 2.24) is 0 Å². The van der Waals surface area contributed by atoms with Crippen LogP contribution in [0.2, 0.25) is 0 Å². The van der Waals surface area contributed by atoms with Gasteiger partial charge in [0.05, 0.1) is 6.10 Å². The second kappa shape index (κ2) is 7.81. The summed E-state index contributed by atoms with van der Waals surface area (Å²) >= 11 is 0. The summed E-state index contributed by atoms with van der Waals surface area (Å²) < 4.78 is 0. The summed E-state index contributed by atoms with van der Waals surface area (Å²) in [6, 6.07) is 0. The van der Waals surface area contributed by atoms with Crippen LogP contribution in [0.1, 0.15) is 98.8 Å². The molecule has 164 valence electrons. The van der Waals surface area contributed by atoms with Crippen molar-refractivity contribution in [2.24, 2.45) is 46.3 Å². The number of carbonyl (C=O) groups is 1. The normalized spacial score (nSPS) is 45.2. The Labute approximate surface area is 178 Å². The number of hydrogen-bond donors (Lipinski definition) is 1. The maximum absolute atomic E-state index is 13.0. The van der Waals surface area contributed by atoms with E-state index in [1.165, 1.54) is 32.1 Å². The van der Waals surface area contributed by atoms with Crippen molar-refractivity contribution >= 4 is 5.78 Å². The van der Waals surface area contributed by atoms with Gasteiger partial charge in [0.2, 0.25) is 0 Å². The molecule has 4 aliphatic rings. The maximum Gasteiger partial charge on any atom is 0.136 e. The van der Waals surface area contributed by atoms with Crippen LogP contribution in [-0.4, -0.2) is 17.0 Å². The van der Waals surface area contributed by atoms with Crippen LogP contribution in [0.25, 0.3) is 0 Å². The van der Waals surface area contributed by atoms with E-state index >= 15 is 0 Å². The van der Waals surface area contributed by atoms with Crippen molar-refractivity contribution < 1.29 is 9.90 Å². The minimum Gasteiger partial charge on any atom is -0.393 e. The summed E-state index contributed by atoms with van der Waals surface area (Å²) in [5.74, 6) is 4.32. The zero-order chi connectivity index (χ0) is 21.0. The molecule has 0 unspecified atom stereocenters. The van der Waals surface area contributed by atoms with E-state index in [9.17, 15) is 9.90 Å². The predicted molar refractivity (Wildman–Crippen MR) is 119 cm³/mol. The first-order valence-electron chi connectivity index (χ1n) is 12.6. The SMILES string of the molecule is CC(C)CCC(=O)[C@H](C)[C@@H]1CC[C@@H]2[C@@H]3CC=C4C[C@@H](O)CC[C@]4(C)[C@@H]3CC[C@@]21C. The van der Waals surface area contributed by atoms with Gasteiger partial charge in [0.1, 0.15) is 5.78 Å². The summed E-state index contributed by atoms with van der Waals surface area (Å²) in [5, 5.41) is 10.2. The van der Waals surface area contributed by atoms with E-state index in [0.717, 1.165) is 49.9 Å². The van der Waals surface area contributed by atoms with Gasteiger partial charge < -0.3 is 5.11 Å². The average Bonchev–Trinajstić information content (AvgIpc) is 3.03. The van der Waals surface area contributed by atoms with Gasteiger partial charge in [-0.1, -0.05) is 46.3 Å². The number of aliphatic hydroxyl groups excluding tert-OH is 1. The molecule has 0 bridgehead atoms. The average molecular weight is 401 g/mol. The largest absolute Gasteiger partial charge is 0.393 e. The molecule has 0 heterocycles. The first-order chi connectivity index (χ1) is 13.7. The zero-order valence-corrected chi connectivity index (χ0v) is 19.5. The number of Topliss-reactive ketones (excluding diaryl/α,β-unsaturated/α-hetero) is 1. The lowest BCUT2D eigenvalue weighted by Crippen LogP contribution is -2.51. The Balaban J connectivity index is 1.52. The van der Waals surface area contributed by atoms with E-state index in [1.54, 1.807) is 5.57 Å². The van der Waals surface area contributed by atoms with Crippen LogP contribution in [-0.2, 0) is 4.79 Å². The van der Waals surface area contributed by atoms with Gasteiger partial charge in [-0.15, -0.1) is 0 Å². The molecule has 1 N–H and O–H groups in total. The third-order valence-electron chi connectivity index (χ3n) is 10.2. The summed E-state index contributed by atoms with van der Waals surface area (Å²) in [6.45, 7) is 11.7. The fourth-order valence-corrected chi connectivity index (χ4v) is 8.39. The molecule has 2 heteroatoms. The molecule has 0 spiro atoms. The van der Waals surface area contributed by atoms with E-state index in [2.05, 4.69) is 40.7 Å². The standard InChI is InChI=1S/C27H44O2/c1-17(2)6-11-25(29)18(3)22-9-10-23-21-8-7-19-16-20(28)12-14-26(19,4)24(21)13-15-27(22,23)5/h7,17-18,20-24,28H,6,8-16H2,1-5H3/t18-,20+,21+,22+,23-,24-,26+,27-/m1/s1. The van der Waals surface area contributed by atoms with Gasteiger partial charge >= 0.3 is 0 Å². The number of fused-ring (bicyclic) bond motifs is 5. The Morgan fingerprint density at radius 2 is 1.86 bits per heavy atom. The molecular weight excluding hydrogens is 356 g/mol. The van der Waals surface area contributed by atoms with Crippen molar-refractivity contribution in [2.45, 2.75) is 105 Å². The third kappa shape index (κ3) is 3.56. The molecule has 2 nitrogen and oxygen atoms in total. The van der Waals surface area contributed by atoms with Crippen molar-refractivity contribution in [3.05, 3.63) is 11.6 Å². The van der Waals surface area contributed by atoms with Crippen LogP contribution in [0.4, 0.5) is 0 Å². The Kier molecular flexibility index (Phi) is 5.82. The van der Waals surface area contributed by atoms with Gasteiger partial charge in [0.25, 0.3) is 0 Å². The van der Waals surface area contributed by atoms with Crippen molar-refractivity contribution in [2.75, 3.05) is 0 Å². The lowest BCUT2D eigenvalue weighted by Gasteiger charge is -2.58. The molecule has 0 amide bonds. The Hall–Kier alpha value is -0.630. The molecule has 8 atom stereocenters. The highest BCUT2D eigenvalue weighted by Crippen LogP contribution is 2.67. The van der Waals surface area contributed by atoms with Crippen LogP contribution < -0.4 is 0 Å². The lowest BCUT2D eigenvalue weighted by atomic mass is 9.47. The van der Waals surface area contributed by atoms with Crippen molar-refractivity contribution in [3.8, 4) is 0 Å². The summed E-state index contributed by atoms with van der Waals surface area (Å²) in [7, 11) is 0. The highest BCUT2D eigenvalue weighted by Gasteiger charge is 2.59. The van der Waals surface area contributed by atoms with E-state index in [-0.39, 0.29) is 12.0 Å². The van der Waals surface area contributed by atoms with E-state index < -0.39 is 0 Å². The quantitative estimate of drug-likeness (QED) is 0.530. The second-order valence-electron chi connectivity index (χ2n) is 12.1. The van der Waals surface area contributed by atoms with E-state index in [4.69, 9.17) is 0 Å². The first-order valence-corrected chi connectivity index (χ1v) is 12.6. The molecule has 4 aliphatic carbocycles. The van der Waals surface area contributed by atoms with Gasteiger partial charge in [-0.3, -0.25) is 4.79 Å². The molecule has 4 rings (SSSR count). The van der Waals surface area contributed by atoms with Crippen LogP contribution in [0, 0.1) is 46.3 Å². The number of aliphatic hydroxyl groups is 1. The molecule has 29 heavy (non-hydrogen) atoms. The third-order valence-corrected chi connectivity index (χ3v) is 10.2. The molecule has 0 aliphatic heterocycles. The predicted octanol–water partition coefficient (Wildman–Crippen LogP) is 6.57. The molecule has 0 aromatic carbocycles. The van der Waals surface area contributed by atoms with E-state index in [1.807, 2.05) is 0 Å². The first kappa shape index (κ1) is 21.6. The van der Waals surface area contributed by atoms with Gasteiger partial charge in [-0.05, 0) is 98.2 Å². The molecule has 0 aromatic heterocycles. The lowest BCUT2D eigenvalue weighted by molar-refractivity contribution is -0.127. The van der Waals surface area contributed by atoms with Crippen LogP contribution in [0.5, 0.6) is 0 Å². The molecule has 3 fully saturated rings.